The van der Waals surface area contributed by atoms with Gasteiger partial charge in [0.2, 0.25) is 5.91 Å². The summed E-state index contributed by atoms with van der Waals surface area (Å²) in [5.41, 5.74) is 0. The Balaban J connectivity index is 1.53. The Hall–Kier alpha value is -1.14. The van der Waals surface area contributed by atoms with Crippen molar-refractivity contribution in [3.05, 3.63) is 0 Å². The highest BCUT2D eigenvalue weighted by Crippen LogP contribution is 2.17. The molecule has 0 unspecified atom stereocenters. The van der Waals surface area contributed by atoms with Gasteiger partial charge in [0, 0.05) is 26.2 Å². The molecule has 2 amide bonds. The molecular formula is C12H18N2O4. The number of amides is 2. The molecule has 3 heterocycles. The first-order valence-electron chi connectivity index (χ1n) is 6.54. The van der Waals surface area contributed by atoms with Crippen molar-refractivity contribution in [2.24, 2.45) is 0 Å². The monoisotopic (exact) mass is 254 g/mol. The zero-order valence-corrected chi connectivity index (χ0v) is 10.3. The van der Waals surface area contributed by atoms with Gasteiger partial charge in [-0.3, -0.25) is 9.59 Å². The van der Waals surface area contributed by atoms with Gasteiger partial charge in [-0.1, -0.05) is 0 Å². The largest absolute Gasteiger partial charge is 0.371 e. The summed E-state index contributed by atoms with van der Waals surface area (Å²) in [7, 11) is 0. The van der Waals surface area contributed by atoms with Gasteiger partial charge in [0.1, 0.15) is 6.10 Å². The fourth-order valence-electron chi connectivity index (χ4n) is 2.48. The smallest absolute Gasteiger partial charge is 0.252 e. The number of carbonyl (C=O) groups excluding carboxylic acids is 2. The minimum atomic E-state index is -0.323. The van der Waals surface area contributed by atoms with Crippen molar-refractivity contribution < 1.29 is 19.1 Å². The molecule has 3 aliphatic rings. The van der Waals surface area contributed by atoms with Gasteiger partial charge in [0.05, 0.1) is 19.3 Å². The Labute approximate surface area is 106 Å². The van der Waals surface area contributed by atoms with Crippen LogP contribution in [-0.4, -0.2) is 73.2 Å². The number of piperazine rings is 1. The Kier molecular flexibility index (Phi) is 3.22. The van der Waals surface area contributed by atoms with Gasteiger partial charge >= 0.3 is 0 Å². The highest BCUT2D eigenvalue weighted by atomic mass is 16.6. The summed E-state index contributed by atoms with van der Waals surface area (Å²) in [6, 6.07) is 0. The van der Waals surface area contributed by atoms with Crippen LogP contribution in [0.2, 0.25) is 0 Å². The lowest BCUT2D eigenvalue weighted by Crippen LogP contribution is -2.55. The van der Waals surface area contributed by atoms with Crippen LogP contribution in [0.15, 0.2) is 0 Å². The van der Waals surface area contributed by atoms with Gasteiger partial charge in [-0.15, -0.1) is 0 Å². The standard InChI is InChI=1S/C12H18N2O4/c15-11-7-14(12(16)10-2-1-5-17-10)4-3-13(11)6-9-8-18-9/h9-10H,1-8H2/t9-,10-/m0/s1. The van der Waals surface area contributed by atoms with Crippen molar-refractivity contribution in [3.8, 4) is 0 Å². The molecule has 3 aliphatic heterocycles. The lowest BCUT2D eigenvalue weighted by Gasteiger charge is -2.35. The van der Waals surface area contributed by atoms with Gasteiger partial charge in [0.15, 0.2) is 0 Å². The molecule has 2 atom stereocenters. The minimum Gasteiger partial charge on any atom is -0.371 e. The van der Waals surface area contributed by atoms with E-state index in [2.05, 4.69) is 0 Å². The SMILES string of the molecule is O=C1CN(C(=O)[C@@H]2CCCO2)CCN1C[C@H]1CO1. The molecule has 0 aromatic rings. The van der Waals surface area contributed by atoms with Gasteiger partial charge in [0.25, 0.3) is 5.91 Å². The number of hydrogen-bond acceptors (Lipinski definition) is 4. The highest BCUT2D eigenvalue weighted by Gasteiger charge is 2.35. The molecule has 0 aromatic heterocycles. The molecule has 0 N–H and O–H groups in total. The third-order valence-electron chi connectivity index (χ3n) is 3.66. The van der Waals surface area contributed by atoms with E-state index in [4.69, 9.17) is 9.47 Å². The van der Waals surface area contributed by atoms with Crippen molar-refractivity contribution >= 4 is 11.8 Å². The zero-order valence-electron chi connectivity index (χ0n) is 10.3. The fraction of sp³-hybridized carbons (Fsp3) is 0.833. The van der Waals surface area contributed by atoms with E-state index >= 15 is 0 Å². The van der Waals surface area contributed by atoms with Crippen LogP contribution in [0.4, 0.5) is 0 Å². The number of carbonyl (C=O) groups is 2. The summed E-state index contributed by atoms with van der Waals surface area (Å²) in [4.78, 5) is 27.4. The lowest BCUT2D eigenvalue weighted by molar-refractivity contribution is -0.150. The normalized spacial score (nSPS) is 31.9. The molecule has 3 rings (SSSR count). The van der Waals surface area contributed by atoms with E-state index in [-0.39, 0.29) is 30.6 Å². The van der Waals surface area contributed by atoms with E-state index in [0.717, 1.165) is 19.4 Å². The molecule has 0 saturated carbocycles. The molecule has 0 aromatic carbocycles. The predicted molar refractivity (Wildman–Crippen MR) is 61.9 cm³/mol. The minimum absolute atomic E-state index is 0.0168. The number of ether oxygens (including phenoxy) is 2. The Morgan fingerprint density at radius 1 is 1.33 bits per heavy atom. The topological polar surface area (TPSA) is 62.4 Å². The van der Waals surface area contributed by atoms with Crippen LogP contribution >= 0.6 is 0 Å². The number of nitrogens with zero attached hydrogens (tertiary/aromatic N) is 2. The first-order valence-corrected chi connectivity index (χ1v) is 6.54. The van der Waals surface area contributed by atoms with E-state index in [1.54, 1.807) is 9.80 Å². The van der Waals surface area contributed by atoms with Crippen LogP contribution in [0.3, 0.4) is 0 Å². The summed E-state index contributed by atoms with van der Waals surface area (Å²) in [5.74, 6) is -0.00808. The summed E-state index contributed by atoms with van der Waals surface area (Å²) < 4.78 is 10.5. The number of hydrogen-bond donors (Lipinski definition) is 0. The molecule has 0 bridgehead atoms. The van der Waals surface area contributed by atoms with Gasteiger partial charge in [-0.25, -0.2) is 0 Å². The molecule has 0 spiro atoms. The van der Waals surface area contributed by atoms with Crippen molar-refractivity contribution in [2.45, 2.75) is 25.0 Å². The highest BCUT2D eigenvalue weighted by molar-refractivity contribution is 5.88. The molecule has 100 valence electrons. The molecule has 0 radical (unpaired) electrons. The molecule has 6 heteroatoms. The fourth-order valence-corrected chi connectivity index (χ4v) is 2.48. The van der Waals surface area contributed by atoms with Crippen LogP contribution in [0.1, 0.15) is 12.8 Å². The third kappa shape index (κ3) is 2.49. The van der Waals surface area contributed by atoms with Crippen LogP contribution in [0.5, 0.6) is 0 Å². The van der Waals surface area contributed by atoms with Crippen molar-refractivity contribution in [3.63, 3.8) is 0 Å². The van der Waals surface area contributed by atoms with E-state index in [0.29, 0.717) is 26.2 Å². The predicted octanol–water partition coefficient (Wildman–Crippen LogP) is -0.765. The first kappa shape index (κ1) is 11.9. The van der Waals surface area contributed by atoms with Crippen molar-refractivity contribution in [1.82, 2.24) is 9.80 Å². The third-order valence-corrected chi connectivity index (χ3v) is 3.66. The average Bonchev–Trinajstić information content (AvgIpc) is 3.02. The van der Waals surface area contributed by atoms with Gasteiger partial charge in [-0.05, 0) is 12.8 Å². The quantitative estimate of drug-likeness (QED) is 0.621. The maximum Gasteiger partial charge on any atom is 0.252 e. The maximum atomic E-state index is 12.1. The molecule has 3 fully saturated rings. The van der Waals surface area contributed by atoms with Crippen molar-refractivity contribution in [2.75, 3.05) is 39.4 Å². The first-order chi connectivity index (χ1) is 8.74. The average molecular weight is 254 g/mol. The maximum absolute atomic E-state index is 12.1. The summed E-state index contributed by atoms with van der Waals surface area (Å²) in [5, 5.41) is 0. The molecule has 6 nitrogen and oxygen atoms in total. The molecule has 3 saturated heterocycles. The van der Waals surface area contributed by atoms with Gasteiger partial charge < -0.3 is 19.3 Å². The van der Waals surface area contributed by atoms with E-state index < -0.39 is 0 Å². The Morgan fingerprint density at radius 3 is 2.78 bits per heavy atom. The summed E-state index contributed by atoms with van der Waals surface area (Å²) in [6.45, 7) is 3.48. The summed E-state index contributed by atoms with van der Waals surface area (Å²) >= 11 is 0. The molecule has 18 heavy (non-hydrogen) atoms. The van der Waals surface area contributed by atoms with Crippen molar-refractivity contribution in [1.29, 1.82) is 0 Å². The Morgan fingerprint density at radius 2 is 2.17 bits per heavy atom. The van der Waals surface area contributed by atoms with Gasteiger partial charge in [-0.2, -0.15) is 0 Å². The number of epoxide rings is 1. The number of rotatable bonds is 3. The van der Waals surface area contributed by atoms with Crippen LogP contribution in [0.25, 0.3) is 0 Å². The second-order valence-electron chi connectivity index (χ2n) is 5.06. The zero-order chi connectivity index (χ0) is 12.5. The van der Waals surface area contributed by atoms with E-state index in [1.165, 1.54) is 0 Å². The molecule has 0 aliphatic carbocycles. The van der Waals surface area contributed by atoms with Crippen LogP contribution in [0, 0.1) is 0 Å². The van der Waals surface area contributed by atoms with E-state index in [1.807, 2.05) is 0 Å². The second kappa shape index (κ2) is 4.85. The Bertz CT molecular complexity index is 350. The van der Waals surface area contributed by atoms with E-state index in [9.17, 15) is 9.59 Å². The van der Waals surface area contributed by atoms with Crippen LogP contribution in [-0.2, 0) is 19.1 Å². The molecular weight excluding hydrogens is 236 g/mol. The summed E-state index contributed by atoms with van der Waals surface area (Å²) in [6.07, 6.45) is 1.61. The second-order valence-corrected chi connectivity index (χ2v) is 5.06. The lowest BCUT2D eigenvalue weighted by atomic mass is 10.2. The van der Waals surface area contributed by atoms with Crippen LogP contribution < -0.4 is 0 Å².